The molecule has 1 atom stereocenters. The minimum absolute atomic E-state index is 0.0593. The normalized spacial score (nSPS) is 11.8. The first-order valence-corrected chi connectivity index (χ1v) is 7.15. The fraction of sp³-hybridized carbons (Fsp3) is 0.438. The van der Waals surface area contributed by atoms with Crippen LogP contribution in [0.2, 0.25) is 0 Å². The molecule has 0 aliphatic carbocycles. The van der Waals surface area contributed by atoms with Gasteiger partial charge in [-0.1, -0.05) is 26.5 Å². The van der Waals surface area contributed by atoms with Crippen LogP contribution in [-0.4, -0.2) is 35.1 Å². The molecule has 0 bridgehead atoms. The van der Waals surface area contributed by atoms with Crippen molar-refractivity contribution >= 4 is 11.9 Å². The van der Waals surface area contributed by atoms with Crippen LogP contribution in [0.15, 0.2) is 31.0 Å². The number of carbonyl (C=O) groups is 2. The monoisotopic (exact) mass is 306 g/mol. The summed E-state index contributed by atoms with van der Waals surface area (Å²) >= 11 is 0. The average Bonchev–Trinajstić information content (AvgIpc) is 2.48. The Morgan fingerprint density at radius 3 is 2.82 bits per heavy atom. The third kappa shape index (κ3) is 5.55. The van der Waals surface area contributed by atoms with Crippen LogP contribution in [0.4, 0.5) is 0 Å². The van der Waals surface area contributed by atoms with Crippen molar-refractivity contribution in [2.45, 2.75) is 20.3 Å². The number of aliphatic carboxylic acids is 1. The molecule has 1 aromatic heterocycles. The van der Waals surface area contributed by atoms with Gasteiger partial charge in [-0.05, 0) is 24.5 Å². The van der Waals surface area contributed by atoms with E-state index in [4.69, 9.17) is 4.74 Å². The number of nitrogens with one attached hydrogen (secondary N) is 1. The Bertz CT molecular complexity index is 529. The van der Waals surface area contributed by atoms with Crippen molar-refractivity contribution in [2.24, 2.45) is 11.8 Å². The van der Waals surface area contributed by atoms with E-state index in [0.29, 0.717) is 12.2 Å². The van der Waals surface area contributed by atoms with Crippen LogP contribution in [0, 0.1) is 11.8 Å². The fourth-order valence-electron chi connectivity index (χ4n) is 1.97. The molecule has 2 N–H and O–H groups in total. The smallest absolute Gasteiger partial charge is 0.308 e. The average molecular weight is 306 g/mol. The number of carbonyl (C=O) groups excluding carboxylic acids is 1. The van der Waals surface area contributed by atoms with Crippen molar-refractivity contribution in [1.82, 2.24) is 10.3 Å². The molecule has 6 heteroatoms. The third-order valence-corrected chi connectivity index (χ3v) is 2.96. The van der Waals surface area contributed by atoms with Gasteiger partial charge in [0.25, 0.3) is 5.91 Å². The second-order valence-corrected chi connectivity index (χ2v) is 5.32. The van der Waals surface area contributed by atoms with Crippen molar-refractivity contribution in [3.63, 3.8) is 0 Å². The summed E-state index contributed by atoms with van der Waals surface area (Å²) in [6, 6.07) is 3.29. The van der Waals surface area contributed by atoms with Crippen LogP contribution >= 0.6 is 0 Å². The molecule has 1 amide bonds. The summed E-state index contributed by atoms with van der Waals surface area (Å²) in [5.74, 6) is -1.41. The topological polar surface area (TPSA) is 88.5 Å². The summed E-state index contributed by atoms with van der Waals surface area (Å²) in [7, 11) is 0. The summed E-state index contributed by atoms with van der Waals surface area (Å²) in [4.78, 5) is 27.4. The van der Waals surface area contributed by atoms with E-state index in [-0.39, 0.29) is 24.8 Å². The van der Waals surface area contributed by atoms with Gasteiger partial charge in [-0.15, -0.1) is 0 Å². The van der Waals surface area contributed by atoms with Crippen molar-refractivity contribution in [3.8, 4) is 5.75 Å². The highest BCUT2D eigenvalue weighted by Crippen LogP contribution is 2.16. The van der Waals surface area contributed by atoms with Gasteiger partial charge in [-0.25, -0.2) is 4.98 Å². The highest BCUT2D eigenvalue weighted by atomic mass is 16.5. The van der Waals surface area contributed by atoms with E-state index in [2.05, 4.69) is 16.9 Å². The second-order valence-electron chi connectivity index (χ2n) is 5.32. The Balaban J connectivity index is 2.72. The zero-order chi connectivity index (χ0) is 16.5. The molecule has 0 radical (unpaired) electrons. The Hall–Kier alpha value is -2.37. The third-order valence-electron chi connectivity index (χ3n) is 2.96. The molecule has 1 rings (SSSR count). The van der Waals surface area contributed by atoms with E-state index >= 15 is 0 Å². The molecule has 1 unspecified atom stereocenters. The molecule has 1 aromatic rings. The van der Waals surface area contributed by atoms with Crippen molar-refractivity contribution < 1.29 is 19.4 Å². The van der Waals surface area contributed by atoms with Gasteiger partial charge in [-0.3, -0.25) is 9.59 Å². The maximum atomic E-state index is 12.2. The van der Waals surface area contributed by atoms with E-state index in [1.54, 1.807) is 18.2 Å². The Morgan fingerprint density at radius 2 is 2.23 bits per heavy atom. The lowest BCUT2D eigenvalue weighted by molar-refractivity contribution is -0.142. The predicted molar refractivity (Wildman–Crippen MR) is 82.8 cm³/mol. The zero-order valence-corrected chi connectivity index (χ0v) is 12.9. The number of ether oxygens (including phenoxy) is 1. The first-order chi connectivity index (χ1) is 10.5. The summed E-state index contributed by atoms with van der Waals surface area (Å²) in [6.45, 7) is 7.75. The van der Waals surface area contributed by atoms with Crippen molar-refractivity contribution in [1.29, 1.82) is 0 Å². The molecule has 0 aliphatic heterocycles. The van der Waals surface area contributed by atoms with Gasteiger partial charge in [0.05, 0.1) is 5.92 Å². The van der Waals surface area contributed by atoms with Crippen LogP contribution in [0.25, 0.3) is 0 Å². The first kappa shape index (κ1) is 17.7. The van der Waals surface area contributed by atoms with Gasteiger partial charge in [0.2, 0.25) is 0 Å². The standard InChI is InChI=1S/C16H22N2O4/c1-4-8-22-13-6-5-7-17-14(13)15(19)18-10-12(16(20)21)9-11(2)3/h4-7,11-12H,1,8-10H2,2-3H3,(H,18,19)(H,20,21). The van der Waals surface area contributed by atoms with Gasteiger partial charge in [0, 0.05) is 12.7 Å². The van der Waals surface area contributed by atoms with E-state index in [1.807, 2.05) is 13.8 Å². The molecule has 120 valence electrons. The minimum atomic E-state index is -0.918. The minimum Gasteiger partial charge on any atom is -0.487 e. The molecule has 0 saturated carbocycles. The first-order valence-electron chi connectivity index (χ1n) is 7.15. The number of rotatable bonds is 9. The van der Waals surface area contributed by atoms with Gasteiger partial charge < -0.3 is 15.2 Å². The van der Waals surface area contributed by atoms with E-state index in [1.165, 1.54) is 6.20 Å². The molecule has 0 aromatic carbocycles. The van der Waals surface area contributed by atoms with Gasteiger partial charge in [-0.2, -0.15) is 0 Å². The molecular formula is C16H22N2O4. The lowest BCUT2D eigenvalue weighted by atomic mass is 9.97. The molecule has 0 saturated heterocycles. The second kappa shape index (κ2) is 8.81. The number of hydrogen-bond donors (Lipinski definition) is 2. The molecule has 0 fully saturated rings. The lowest BCUT2D eigenvalue weighted by Gasteiger charge is -2.16. The SMILES string of the molecule is C=CCOc1cccnc1C(=O)NCC(CC(C)C)C(=O)O. The fourth-order valence-corrected chi connectivity index (χ4v) is 1.97. The maximum Gasteiger partial charge on any atom is 0.308 e. The lowest BCUT2D eigenvalue weighted by Crippen LogP contribution is -2.34. The number of aromatic nitrogens is 1. The molecule has 6 nitrogen and oxygen atoms in total. The zero-order valence-electron chi connectivity index (χ0n) is 12.9. The van der Waals surface area contributed by atoms with Crippen LogP contribution < -0.4 is 10.1 Å². The Morgan fingerprint density at radius 1 is 1.50 bits per heavy atom. The number of carboxylic acids is 1. The molecular weight excluding hydrogens is 284 g/mol. The molecule has 1 heterocycles. The highest BCUT2D eigenvalue weighted by Gasteiger charge is 2.21. The summed E-state index contributed by atoms with van der Waals surface area (Å²) in [6.07, 6.45) is 3.55. The van der Waals surface area contributed by atoms with E-state index in [0.717, 1.165) is 0 Å². The van der Waals surface area contributed by atoms with E-state index in [9.17, 15) is 14.7 Å². The van der Waals surface area contributed by atoms with Crippen molar-refractivity contribution in [3.05, 3.63) is 36.7 Å². The number of hydrogen-bond acceptors (Lipinski definition) is 4. The quantitative estimate of drug-likeness (QED) is 0.682. The molecule has 0 spiro atoms. The number of carboxylic acid groups (broad SMARTS) is 1. The van der Waals surface area contributed by atoms with Crippen LogP contribution in [-0.2, 0) is 4.79 Å². The maximum absolute atomic E-state index is 12.2. The number of pyridine rings is 1. The van der Waals surface area contributed by atoms with Crippen LogP contribution in [0.5, 0.6) is 5.75 Å². The summed E-state index contributed by atoms with van der Waals surface area (Å²) in [5.41, 5.74) is 0.137. The van der Waals surface area contributed by atoms with Gasteiger partial charge in [0.15, 0.2) is 11.4 Å². The van der Waals surface area contributed by atoms with E-state index < -0.39 is 17.8 Å². The Labute approximate surface area is 130 Å². The summed E-state index contributed by atoms with van der Waals surface area (Å²) in [5, 5.41) is 11.8. The number of nitrogens with zero attached hydrogens (tertiary/aromatic N) is 1. The predicted octanol–water partition coefficient (Wildman–Crippen LogP) is 2.12. The molecule has 0 aliphatic rings. The van der Waals surface area contributed by atoms with Gasteiger partial charge >= 0.3 is 5.97 Å². The number of amides is 1. The Kier molecular flexibility index (Phi) is 7.08. The van der Waals surface area contributed by atoms with Crippen molar-refractivity contribution in [2.75, 3.05) is 13.2 Å². The van der Waals surface area contributed by atoms with Gasteiger partial charge in [0.1, 0.15) is 6.61 Å². The van der Waals surface area contributed by atoms with Crippen LogP contribution in [0.3, 0.4) is 0 Å². The summed E-state index contributed by atoms with van der Waals surface area (Å²) < 4.78 is 5.37. The molecule has 22 heavy (non-hydrogen) atoms. The van der Waals surface area contributed by atoms with Crippen LogP contribution in [0.1, 0.15) is 30.8 Å². The largest absolute Gasteiger partial charge is 0.487 e. The highest BCUT2D eigenvalue weighted by molar-refractivity contribution is 5.95.